The molecule has 0 atom stereocenters. The molecule has 0 unspecified atom stereocenters. The molecule has 15 heavy (non-hydrogen) atoms. The van der Waals surface area contributed by atoms with E-state index in [4.69, 9.17) is 16.3 Å². The van der Waals surface area contributed by atoms with Gasteiger partial charge < -0.3 is 4.74 Å². The van der Waals surface area contributed by atoms with Crippen LogP contribution in [0.3, 0.4) is 0 Å². The van der Waals surface area contributed by atoms with Crippen molar-refractivity contribution in [3.8, 4) is 5.75 Å². The molecular formula is C10H6Br2ClNO. The monoisotopic (exact) mass is 349 g/mol. The first-order chi connectivity index (χ1) is 7.13. The third-order valence-electron chi connectivity index (χ3n) is 2.01. The van der Waals surface area contributed by atoms with Crippen molar-refractivity contribution in [2.45, 2.75) is 0 Å². The molecule has 5 heteroatoms. The van der Waals surface area contributed by atoms with Crippen LogP contribution in [0.15, 0.2) is 27.1 Å². The molecule has 0 bridgehead atoms. The van der Waals surface area contributed by atoms with Crippen LogP contribution in [-0.2, 0) is 0 Å². The first-order valence-corrected chi connectivity index (χ1v) is 6.08. The smallest absolute Gasteiger partial charge is 0.142 e. The van der Waals surface area contributed by atoms with Crippen LogP contribution in [0.5, 0.6) is 5.75 Å². The lowest BCUT2D eigenvalue weighted by Gasteiger charge is -2.09. The van der Waals surface area contributed by atoms with Gasteiger partial charge in [0.15, 0.2) is 0 Å². The first-order valence-electron chi connectivity index (χ1n) is 4.11. The molecule has 0 aliphatic carbocycles. The number of pyridine rings is 1. The number of fused-ring (bicyclic) bond motifs is 1. The summed E-state index contributed by atoms with van der Waals surface area (Å²) in [6.07, 6.45) is 0. The lowest BCUT2D eigenvalue weighted by molar-refractivity contribution is 0.417. The van der Waals surface area contributed by atoms with Gasteiger partial charge in [0.1, 0.15) is 10.9 Å². The number of nitrogens with zero attached hydrogens (tertiary/aromatic N) is 1. The Kier molecular flexibility index (Phi) is 3.19. The van der Waals surface area contributed by atoms with E-state index in [-0.39, 0.29) is 0 Å². The van der Waals surface area contributed by atoms with Gasteiger partial charge in [-0.2, -0.15) is 0 Å². The van der Waals surface area contributed by atoms with E-state index in [1.54, 1.807) is 13.2 Å². The fourth-order valence-corrected chi connectivity index (χ4v) is 2.97. The number of ether oxygens (including phenoxy) is 1. The predicted molar refractivity (Wildman–Crippen MR) is 68.7 cm³/mol. The Morgan fingerprint density at radius 3 is 2.67 bits per heavy atom. The molecule has 1 aromatic carbocycles. The third-order valence-corrected chi connectivity index (χ3v) is 3.41. The van der Waals surface area contributed by atoms with Crippen molar-refractivity contribution in [1.29, 1.82) is 0 Å². The van der Waals surface area contributed by atoms with Gasteiger partial charge >= 0.3 is 0 Å². The standard InChI is InChI=1S/C10H6Br2ClNO/c1-15-10-5-2-3-8(13)14-9(5)6(11)4-7(10)12/h2-4H,1H3. The van der Waals surface area contributed by atoms with Crippen LogP contribution in [0.25, 0.3) is 10.9 Å². The van der Waals surface area contributed by atoms with Crippen LogP contribution in [0, 0.1) is 0 Å². The van der Waals surface area contributed by atoms with E-state index >= 15 is 0 Å². The highest BCUT2D eigenvalue weighted by Gasteiger charge is 2.11. The molecule has 0 N–H and O–H groups in total. The molecule has 0 saturated heterocycles. The van der Waals surface area contributed by atoms with E-state index in [0.717, 1.165) is 25.6 Å². The summed E-state index contributed by atoms with van der Waals surface area (Å²) >= 11 is 12.7. The van der Waals surface area contributed by atoms with Crippen molar-refractivity contribution in [2.24, 2.45) is 0 Å². The molecule has 78 valence electrons. The lowest BCUT2D eigenvalue weighted by atomic mass is 10.2. The molecule has 2 rings (SSSR count). The van der Waals surface area contributed by atoms with Gasteiger partial charge in [0.2, 0.25) is 0 Å². The van der Waals surface area contributed by atoms with Gasteiger partial charge in [0, 0.05) is 9.86 Å². The fraction of sp³-hybridized carbons (Fsp3) is 0.100. The predicted octanol–water partition coefficient (Wildman–Crippen LogP) is 4.42. The molecule has 1 heterocycles. The number of rotatable bonds is 1. The maximum absolute atomic E-state index is 5.84. The topological polar surface area (TPSA) is 22.1 Å². The summed E-state index contributed by atoms with van der Waals surface area (Å²) in [6, 6.07) is 5.52. The van der Waals surface area contributed by atoms with Gasteiger partial charge in [0.25, 0.3) is 0 Å². The van der Waals surface area contributed by atoms with E-state index < -0.39 is 0 Å². The van der Waals surface area contributed by atoms with Crippen LogP contribution in [-0.4, -0.2) is 12.1 Å². The molecule has 0 spiro atoms. The maximum atomic E-state index is 5.84. The average Bonchev–Trinajstić information content (AvgIpc) is 2.19. The van der Waals surface area contributed by atoms with E-state index in [9.17, 15) is 0 Å². The van der Waals surface area contributed by atoms with E-state index in [1.165, 1.54) is 0 Å². The lowest BCUT2D eigenvalue weighted by Crippen LogP contribution is -1.89. The van der Waals surface area contributed by atoms with Crippen LogP contribution in [0.1, 0.15) is 0 Å². The SMILES string of the molecule is COc1c(Br)cc(Br)c2nc(Cl)ccc12. The molecule has 0 saturated carbocycles. The fourth-order valence-electron chi connectivity index (χ4n) is 1.38. The van der Waals surface area contributed by atoms with Gasteiger partial charge in [-0.1, -0.05) is 11.6 Å². The second kappa shape index (κ2) is 4.28. The van der Waals surface area contributed by atoms with Gasteiger partial charge in [0.05, 0.1) is 17.1 Å². The molecule has 2 aromatic rings. The van der Waals surface area contributed by atoms with Crippen LogP contribution in [0.2, 0.25) is 5.15 Å². The van der Waals surface area contributed by atoms with Gasteiger partial charge in [-0.3, -0.25) is 0 Å². The summed E-state index contributed by atoms with van der Waals surface area (Å²) in [5.74, 6) is 0.761. The highest BCUT2D eigenvalue weighted by atomic mass is 79.9. The Balaban J connectivity index is 2.90. The van der Waals surface area contributed by atoms with Crippen LogP contribution >= 0.6 is 43.5 Å². The highest BCUT2D eigenvalue weighted by Crippen LogP contribution is 2.37. The Morgan fingerprint density at radius 1 is 1.27 bits per heavy atom. The maximum Gasteiger partial charge on any atom is 0.142 e. The van der Waals surface area contributed by atoms with Crippen LogP contribution in [0.4, 0.5) is 0 Å². The average molecular weight is 351 g/mol. The highest BCUT2D eigenvalue weighted by molar-refractivity contribution is 9.11. The summed E-state index contributed by atoms with van der Waals surface area (Å²) in [4.78, 5) is 4.24. The zero-order valence-electron chi connectivity index (χ0n) is 7.72. The summed E-state index contributed by atoms with van der Waals surface area (Å²) in [6.45, 7) is 0. The Bertz CT molecular complexity index is 530. The normalized spacial score (nSPS) is 10.7. The number of hydrogen-bond donors (Lipinski definition) is 0. The van der Waals surface area contributed by atoms with E-state index in [0.29, 0.717) is 5.15 Å². The van der Waals surface area contributed by atoms with Crippen molar-refractivity contribution in [2.75, 3.05) is 7.11 Å². The molecule has 0 fully saturated rings. The molecule has 0 amide bonds. The Hall–Kier alpha value is -0.320. The van der Waals surface area contributed by atoms with Gasteiger partial charge in [-0.05, 0) is 50.1 Å². The third kappa shape index (κ3) is 1.98. The second-order valence-corrected chi connectivity index (χ2v) is 5.00. The van der Waals surface area contributed by atoms with Crippen molar-refractivity contribution in [3.05, 3.63) is 32.3 Å². The van der Waals surface area contributed by atoms with Crippen LogP contribution < -0.4 is 4.74 Å². The van der Waals surface area contributed by atoms with E-state index in [1.807, 2.05) is 12.1 Å². The summed E-state index contributed by atoms with van der Waals surface area (Å²) in [5.41, 5.74) is 0.794. The minimum Gasteiger partial charge on any atom is -0.495 e. The Labute approximate surface area is 109 Å². The number of halogens is 3. The Morgan fingerprint density at radius 2 is 2.00 bits per heavy atom. The molecule has 2 nitrogen and oxygen atoms in total. The van der Waals surface area contributed by atoms with Crippen molar-refractivity contribution >= 4 is 54.4 Å². The van der Waals surface area contributed by atoms with Gasteiger partial charge in [-0.25, -0.2) is 4.98 Å². The minimum absolute atomic E-state index is 0.465. The summed E-state index contributed by atoms with van der Waals surface area (Å²) in [5, 5.41) is 1.38. The summed E-state index contributed by atoms with van der Waals surface area (Å²) in [7, 11) is 1.63. The zero-order valence-corrected chi connectivity index (χ0v) is 11.6. The van der Waals surface area contributed by atoms with Crippen molar-refractivity contribution in [3.63, 3.8) is 0 Å². The number of methoxy groups -OCH3 is 1. The van der Waals surface area contributed by atoms with Crippen molar-refractivity contribution in [1.82, 2.24) is 4.98 Å². The first kappa shape index (κ1) is 11.2. The molecule has 1 aromatic heterocycles. The largest absolute Gasteiger partial charge is 0.495 e. The van der Waals surface area contributed by atoms with Gasteiger partial charge in [-0.15, -0.1) is 0 Å². The number of aromatic nitrogens is 1. The second-order valence-electron chi connectivity index (χ2n) is 2.90. The quantitative estimate of drug-likeness (QED) is 0.710. The number of benzene rings is 1. The summed E-state index contributed by atoms with van der Waals surface area (Å²) < 4.78 is 7.07. The molecule has 0 aliphatic heterocycles. The van der Waals surface area contributed by atoms with E-state index in [2.05, 4.69) is 36.8 Å². The molecule has 0 aliphatic rings. The van der Waals surface area contributed by atoms with Crippen molar-refractivity contribution < 1.29 is 4.74 Å². The zero-order chi connectivity index (χ0) is 11.0. The number of hydrogen-bond acceptors (Lipinski definition) is 2. The minimum atomic E-state index is 0.465. The molecular weight excluding hydrogens is 345 g/mol. The molecule has 0 radical (unpaired) electrons.